The molecule has 0 saturated carbocycles. The van der Waals surface area contributed by atoms with Crippen LogP contribution in [0.15, 0.2) is 36.5 Å². The molecule has 0 unspecified atom stereocenters. The highest BCUT2D eigenvalue weighted by molar-refractivity contribution is 5.02. The predicted molar refractivity (Wildman–Crippen MR) is 59.7 cm³/mol. The molecule has 0 heteroatoms. The van der Waals surface area contributed by atoms with Crippen molar-refractivity contribution < 1.29 is 0 Å². The van der Waals surface area contributed by atoms with Gasteiger partial charge < -0.3 is 0 Å². The average Bonchev–Trinajstić information content (AvgIpc) is 2.18. The van der Waals surface area contributed by atoms with Crippen LogP contribution in [0.2, 0.25) is 0 Å². The SMILES string of the molecule is C1=CCCCC/C=C\C=C\CCC1. The maximum atomic E-state index is 2.34. The summed E-state index contributed by atoms with van der Waals surface area (Å²) in [6, 6.07) is 0. The molecule has 0 saturated heterocycles. The van der Waals surface area contributed by atoms with Crippen LogP contribution < -0.4 is 0 Å². The van der Waals surface area contributed by atoms with Crippen LogP contribution in [0.1, 0.15) is 44.9 Å². The highest BCUT2D eigenvalue weighted by Gasteiger charge is 1.85. The van der Waals surface area contributed by atoms with Gasteiger partial charge in [0.05, 0.1) is 0 Å². The number of hydrogen-bond donors (Lipinski definition) is 0. The van der Waals surface area contributed by atoms with E-state index in [0.29, 0.717) is 0 Å². The van der Waals surface area contributed by atoms with Gasteiger partial charge in [-0.25, -0.2) is 0 Å². The molecule has 0 fully saturated rings. The lowest BCUT2D eigenvalue weighted by Crippen LogP contribution is -1.72. The molecule has 0 aliphatic heterocycles. The second-order valence-electron chi connectivity index (χ2n) is 3.54. The van der Waals surface area contributed by atoms with Gasteiger partial charge in [-0.05, 0) is 44.9 Å². The lowest BCUT2D eigenvalue weighted by Gasteiger charge is -1.92. The Bertz CT molecular complexity index is 184. The Morgan fingerprint density at radius 3 is 1.62 bits per heavy atom. The Hall–Kier alpha value is -0.780. The Balaban J connectivity index is 2.28. The van der Waals surface area contributed by atoms with Crippen molar-refractivity contribution in [2.45, 2.75) is 44.9 Å². The van der Waals surface area contributed by atoms with E-state index in [-0.39, 0.29) is 0 Å². The third-order valence-electron chi connectivity index (χ3n) is 2.28. The first kappa shape index (κ1) is 10.3. The molecule has 0 N–H and O–H groups in total. The van der Waals surface area contributed by atoms with E-state index in [2.05, 4.69) is 36.5 Å². The quantitative estimate of drug-likeness (QED) is 0.480. The topological polar surface area (TPSA) is 0 Å². The smallest absolute Gasteiger partial charge is 0.0345 e. The van der Waals surface area contributed by atoms with E-state index in [1.807, 2.05) is 0 Å². The van der Waals surface area contributed by atoms with Crippen LogP contribution in [0.25, 0.3) is 0 Å². The van der Waals surface area contributed by atoms with E-state index < -0.39 is 0 Å². The summed E-state index contributed by atoms with van der Waals surface area (Å²) >= 11 is 0. The highest BCUT2D eigenvalue weighted by atomic mass is 13.9. The third kappa shape index (κ3) is 6.39. The first-order valence-electron chi connectivity index (χ1n) is 5.47. The van der Waals surface area contributed by atoms with Gasteiger partial charge in [0.15, 0.2) is 0 Å². The van der Waals surface area contributed by atoms with Crippen LogP contribution in [0.4, 0.5) is 0 Å². The Morgan fingerprint density at radius 1 is 0.462 bits per heavy atom. The molecule has 0 radical (unpaired) electrons. The zero-order chi connectivity index (χ0) is 9.19. The molecule has 0 nitrogen and oxygen atoms in total. The van der Waals surface area contributed by atoms with Crippen LogP contribution in [0.3, 0.4) is 0 Å². The van der Waals surface area contributed by atoms with Crippen LogP contribution in [-0.2, 0) is 0 Å². The number of allylic oxidation sites excluding steroid dienone is 6. The van der Waals surface area contributed by atoms with E-state index in [0.717, 1.165) is 0 Å². The van der Waals surface area contributed by atoms with Gasteiger partial charge in [-0.15, -0.1) is 0 Å². The van der Waals surface area contributed by atoms with Gasteiger partial charge in [0.1, 0.15) is 0 Å². The molecule has 0 spiro atoms. The minimum atomic E-state index is 1.22. The zero-order valence-corrected chi connectivity index (χ0v) is 8.41. The van der Waals surface area contributed by atoms with Crippen molar-refractivity contribution >= 4 is 0 Å². The molecule has 0 heterocycles. The van der Waals surface area contributed by atoms with Crippen LogP contribution in [-0.4, -0.2) is 0 Å². The van der Waals surface area contributed by atoms with Crippen molar-refractivity contribution in [1.29, 1.82) is 0 Å². The van der Waals surface area contributed by atoms with Crippen LogP contribution in [0, 0.1) is 0 Å². The maximum Gasteiger partial charge on any atom is -0.0345 e. The molecule has 1 aliphatic rings. The summed E-state index contributed by atoms with van der Waals surface area (Å²) in [5.74, 6) is 0. The zero-order valence-electron chi connectivity index (χ0n) is 8.41. The average molecular weight is 176 g/mol. The second kappa shape index (κ2) is 7.85. The van der Waals surface area contributed by atoms with E-state index in [1.165, 1.54) is 44.9 Å². The molecule has 0 bridgehead atoms. The molecular formula is C13H20. The van der Waals surface area contributed by atoms with Gasteiger partial charge in [0, 0.05) is 0 Å². The fraction of sp³-hybridized carbons (Fsp3) is 0.538. The van der Waals surface area contributed by atoms with Gasteiger partial charge in [0.25, 0.3) is 0 Å². The molecule has 0 aromatic rings. The molecule has 1 rings (SSSR count). The largest absolute Gasteiger partial charge is 0.0885 e. The first-order chi connectivity index (χ1) is 6.50. The van der Waals surface area contributed by atoms with Crippen molar-refractivity contribution in [2.75, 3.05) is 0 Å². The summed E-state index contributed by atoms with van der Waals surface area (Å²) < 4.78 is 0. The number of rotatable bonds is 0. The molecule has 0 atom stereocenters. The lowest BCUT2D eigenvalue weighted by atomic mass is 10.1. The normalized spacial score (nSPS) is 25.2. The summed E-state index contributed by atoms with van der Waals surface area (Å²) in [5, 5.41) is 0. The Kier molecular flexibility index (Phi) is 6.22. The highest BCUT2D eigenvalue weighted by Crippen LogP contribution is 2.05. The van der Waals surface area contributed by atoms with Gasteiger partial charge in [-0.2, -0.15) is 0 Å². The minimum Gasteiger partial charge on any atom is -0.0885 e. The molecular weight excluding hydrogens is 156 g/mol. The van der Waals surface area contributed by atoms with E-state index in [9.17, 15) is 0 Å². The molecule has 0 amide bonds. The van der Waals surface area contributed by atoms with E-state index in [1.54, 1.807) is 0 Å². The van der Waals surface area contributed by atoms with Crippen LogP contribution in [0.5, 0.6) is 0 Å². The Labute approximate surface area is 82.0 Å². The van der Waals surface area contributed by atoms with Gasteiger partial charge in [0.2, 0.25) is 0 Å². The second-order valence-corrected chi connectivity index (χ2v) is 3.54. The van der Waals surface area contributed by atoms with Crippen molar-refractivity contribution in [3.63, 3.8) is 0 Å². The van der Waals surface area contributed by atoms with Gasteiger partial charge in [-0.1, -0.05) is 36.5 Å². The minimum absolute atomic E-state index is 1.22. The van der Waals surface area contributed by atoms with E-state index >= 15 is 0 Å². The monoisotopic (exact) mass is 176 g/mol. The van der Waals surface area contributed by atoms with Crippen molar-refractivity contribution in [1.82, 2.24) is 0 Å². The molecule has 0 aromatic carbocycles. The van der Waals surface area contributed by atoms with Gasteiger partial charge in [-0.3, -0.25) is 0 Å². The third-order valence-corrected chi connectivity index (χ3v) is 2.28. The Morgan fingerprint density at radius 2 is 0.923 bits per heavy atom. The standard InChI is InChI=1S/C13H20/c1-2-4-6-8-10-12-13-11-9-7-5-3-1/h1-4,11,13H,5-10,12H2/b3-1+,4-2-,13-11?. The fourth-order valence-corrected chi connectivity index (χ4v) is 1.46. The number of hydrogen-bond acceptors (Lipinski definition) is 0. The van der Waals surface area contributed by atoms with E-state index in [4.69, 9.17) is 0 Å². The molecule has 72 valence electrons. The molecule has 13 heavy (non-hydrogen) atoms. The summed E-state index contributed by atoms with van der Waals surface area (Å²) in [5.41, 5.74) is 0. The van der Waals surface area contributed by atoms with Crippen molar-refractivity contribution in [3.05, 3.63) is 36.5 Å². The summed E-state index contributed by atoms with van der Waals surface area (Å²) in [6.45, 7) is 0. The lowest BCUT2D eigenvalue weighted by molar-refractivity contribution is 0.759. The maximum absolute atomic E-state index is 2.34. The van der Waals surface area contributed by atoms with Crippen molar-refractivity contribution in [3.8, 4) is 0 Å². The van der Waals surface area contributed by atoms with Gasteiger partial charge >= 0.3 is 0 Å². The first-order valence-corrected chi connectivity index (χ1v) is 5.47. The molecule has 1 aliphatic carbocycles. The summed E-state index contributed by atoms with van der Waals surface area (Å²) in [6.07, 6.45) is 22.5. The summed E-state index contributed by atoms with van der Waals surface area (Å²) in [7, 11) is 0. The fourth-order valence-electron chi connectivity index (χ4n) is 1.46. The van der Waals surface area contributed by atoms with Crippen molar-refractivity contribution in [2.24, 2.45) is 0 Å². The van der Waals surface area contributed by atoms with Crippen LogP contribution >= 0.6 is 0 Å². The summed E-state index contributed by atoms with van der Waals surface area (Å²) in [4.78, 5) is 0. The molecule has 0 aromatic heterocycles. The predicted octanol–water partition coefficient (Wildman–Crippen LogP) is 4.40.